The van der Waals surface area contributed by atoms with Crippen LogP contribution in [0.2, 0.25) is 5.02 Å². The molecule has 0 saturated carbocycles. The molecule has 8 nitrogen and oxygen atoms in total. The van der Waals surface area contributed by atoms with Crippen LogP contribution in [0.15, 0.2) is 35.2 Å². The van der Waals surface area contributed by atoms with E-state index in [4.69, 9.17) is 16.3 Å². The lowest BCUT2D eigenvalue weighted by atomic mass is 10.1. The minimum Gasteiger partial charge on any atom is -0.479 e. The van der Waals surface area contributed by atoms with E-state index in [1.807, 2.05) is 0 Å². The first-order valence-electron chi connectivity index (χ1n) is 10.3. The van der Waals surface area contributed by atoms with Gasteiger partial charge in [-0.3, -0.25) is 9.59 Å². The molecular formula is C22H24ClN3O5S. The van der Waals surface area contributed by atoms with Gasteiger partial charge in [0.1, 0.15) is 11.8 Å². The van der Waals surface area contributed by atoms with E-state index < -0.39 is 28.1 Å². The molecule has 1 fully saturated rings. The molecule has 2 aliphatic heterocycles. The van der Waals surface area contributed by atoms with Gasteiger partial charge in [-0.25, -0.2) is 8.42 Å². The van der Waals surface area contributed by atoms with Crippen LogP contribution in [0.1, 0.15) is 30.9 Å². The molecule has 2 aromatic rings. The Bertz CT molecular complexity index is 1210. The van der Waals surface area contributed by atoms with Crippen molar-refractivity contribution >= 4 is 44.8 Å². The fraction of sp³-hybridized carbons (Fsp3) is 0.364. The van der Waals surface area contributed by atoms with Crippen LogP contribution in [0.3, 0.4) is 0 Å². The van der Waals surface area contributed by atoms with E-state index in [-0.39, 0.29) is 23.1 Å². The van der Waals surface area contributed by atoms with Gasteiger partial charge in [0.2, 0.25) is 15.9 Å². The summed E-state index contributed by atoms with van der Waals surface area (Å²) in [5.41, 5.74) is 2.15. The first-order valence-corrected chi connectivity index (χ1v) is 12.1. The Morgan fingerprint density at radius 1 is 1.28 bits per heavy atom. The third-order valence-electron chi connectivity index (χ3n) is 5.83. The summed E-state index contributed by atoms with van der Waals surface area (Å²) in [7, 11) is -3.98. The van der Waals surface area contributed by atoms with Crippen molar-refractivity contribution in [3.63, 3.8) is 0 Å². The molecular weight excluding hydrogens is 454 g/mol. The molecule has 170 valence electrons. The van der Waals surface area contributed by atoms with Crippen molar-refractivity contribution in [2.24, 2.45) is 0 Å². The van der Waals surface area contributed by atoms with E-state index in [0.717, 1.165) is 0 Å². The molecule has 0 aliphatic carbocycles. The third kappa shape index (κ3) is 3.96. The zero-order valence-corrected chi connectivity index (χ0v) is 19.5. The lowest BCUT2D eigenvalue weighted by molar-refractivity contribution is -0.122. The molecule has 2 heterocycles. The van der Waals surface area contributed by atoms with Gasteiger partial charge in [0, 0.05) is 23.3 Å². The standard InChI is InChI=1S/C22H24ClN3O5S/c1-12-10-17-19(31-14(3)21(27)25-17)11-20(12)32(29,30)26-9-5-8-18(26)22(28)24-16-7-4-6-15(23)13(16)2/h4,6-7,10-11,14,18H,5,8-9H2,1-3H3,(H,24,28)(H,25,27)/t14-,18-/m0/s1. The SMILES string of the molecule is Cc1cc2c(cc1S(=O)(=O)N1CCC[C@H]1C(=O)Nc1cccc(Cl)c1C)O[C@@H](C)C(=O)N2. The Morgan fingerprint density at radius 2 is 2.03 bits per heavy atom. The number of sulfonamides is 1. The van der Waals surface area contributed by atoms with Crippen LogP contribution in [0, 0.1) is 13.8 Å². The van der Waals surface area contributed by atoms with Crippen molar-refractivity contribution in [3.05, 3.63) is 46.5 Å². The third-order valence-corrected chi connectivity index (χ3v) is 8.29. The molecule has 2 atom stereocenters. The Balaban J connectivity index is 1.63. The maximum atomic E-state index is 13.6. The van der Waals surface area contributed by atoms with Crippen LogP contribution in [0.25, 0.3) is 0 Å². The number of carbonyl (C=O) groups is 2. The second-order valence-electron chi connectivity index (χ2n) is 8.04. The lowest BCUT2D eigenvalue weighted by Crippen LogP contribution is -2.43. The largest absolute Gasteiger partial charge is 0.479 e. The average molecular weight is 478 g/mol. The van der Waals surface area contributed by atoms with Crippen LogP contribution in [-0.2, 0) is 19.6 Å². The number of amides is 2. The van der Waals surface area contributed by atoms with Crippen LogP contribution in [0.4, 0.5) is 11.4 Å². The van der Waals surface area contributed by atoms with Crippen molar-refractivity contribution in [2.75, 3.05) is 17.2 Å². The molecule has 2 aliphatic rings. The zero-order valence-electron chi connectivity index (χ0n) is 17.9. The van der Waals surface area contributed by atoms with Crippen LogP contribution in [-0.4, -0.2) is 43.2 Å². The molecule has 10 heteroatoms. The number of nitrogens with one attached hydrogen (secondary N) is 2. The minimum absolute atomic E-state index is 0.0539. The van der Waals surface area contributed by atoms with Crippen molar-refractivity contribution in [1.29, 1.82) is 0 Å². The minimum atomic E-state index is -3.98. The van der Waals surface area contributed by atoms with E-state index in [0.29, 0.717) is 40.4 Å². The summed E-state index contributed by atoms with van der Waals surface area (Å²) in [6.45, 7) is 5.26. The van der Waals surface area contributed by atoms with Gasteiger partial charge in [-0.15, -0.1) is 0 Å². The van der Waals surface area contributed by atoms with E-state index in [9.17, 15) is 18.0 Å². The maximum absolute atomic E-state index is 13.6. The fourth-order valence-electron chi connectivity index (χ4n) is 4.00. The second-order valence-corrected chi connectivity index (χ2v) is 10.3. The summed E-state index contributed by atoms with van der Waals surface area (Å²) in [5.74, 6) is -0.402. The summed E-state index contributed by atoms with van der Waals surface area (Å²) in [4.78, 5) is 24.9. The average Bonchev–Trinajstić information content (AvgIpc) is 3.23. The van der Waals surface area contributed by atoms with Crippen molar-refractivity contribution < 1.29 is 22.7 Å². The quantitative estimate of drug-likeness (QED) is 0.701. The number of benzene rings is 2. The number of rotatable bonds is 4. The maximum Gasteiger partial charge on any atom is 0.265 e. The molecule has 2 aromatic carbocycles. The highest BCUT2D eigenvalue weighted by molar-refractivity contribution is 7.89. The monoisotopic (exact) mass is 477 g/mol. The van der Waals surface area contributed by atoms with Crippen molar-refractivity contribution in [3.8, 4) is 5.75 Å². The summed E-state index contributed by atoms with van der Waals surface area (Å²) in [5, 5.41) is 6.05. The highest BCUT2D eigenvalue weighted by atomic mass is 35.5. The summed E-state index contributed by atoms with van der Waals surface area (Å²) in [6.07, 6.45) is 0.254. The fourth-order valence-corrected chi connectivity index (χ4v) is 6.05. The smallest absolute Gasteiger partial charge is 0.265 e. The van der Waals surface area contributed by atoms with Crippen molar-refractivity contribution in [2.45, 2.75) is 50.7 Å². The van der Waals surface area contributed by atoms with Gasteiger partial charge in [0.15, 0.2) is 6.10 Å². The number of hydrogen-bond donors (Lipinski definition) is 2. The first-order chi connectivity index (χ1) is 15.1. The summed E-state index contributed by atoms with van der Waals surface area (Å²) in [6, 6.07) is 7.34. The molecule has 32 heavy (non-hydrogen) atoms. The van der Waals surface area contributed by atoms with Crippen LogP contribution < -0.4 is 15.4 Å². The van der Waals surface area contributed by atoms with E-state index in [1.54, 1.807) is 45.0 Å². The summed E-state index contributed by atoms with van der Waals surface area (Å²) >= 11 is 6.14. The van der Waals surface area contributed by atoms with Crippen LogP contribution in [0.5, 0.6) is 5.75 Å². The second kappa shape index (κ2) is 8.38. The van der Waals surface area contributed by atoms with Gasteiger partial charge < -0.3 is 15.4 Å². The number of halogens is 1. The molecule has 0 spiro atoms. The van der Waals surface area contributed by atoms with E-state index in [2.05, 4.69) is 10.6 Å². The summed E-state index contributed by atoms with van der Waals surface area (Å²) < 4.78 is 33.9. The van der Waals surface area contributed by atoms with Crippen molar-refractivity contribution in [1.82, 2.24) is 4.31 Å². The molecule has 0 radical (unpaired) electrons. The molecule has 0 aromatic heterocycles. The number of fused-ring (bicyclic) bond motifs is 1. The Kier molecular flexibility index (Phi) is 5.91. The topological polar surface area (TPSA) is 105 Å². The van der Waals surface area contributed by atoms with Crippen LogP contribution >= 0.6 is 11.6 Å². The molecule has 4 rings (SSSR count). The molecule has 2 N–H and O–H groups in total. The number of carbonyl (C=O) groups excluding carboxylic acids is 2. The highest BCUT2D eigenvalue weighted by Crippen LogP contribution is 2.37. The Morgan fingerprint density at radius 3 is 2.78 bits per heavy atom. The predicted octanol–water partition coefficient (Wildman–Crippen LogP) is 3.47. The molecule has 1 saturated heterocycles. The predicted molar refractivity (Wildman–Crippen MR) is 122 cm³/mol. The van der Waals surface area contributed by atoms with Gasteiger partial charge in [0.05, 0.1) is 10.6 Å². The van der Waals surface area contributed by atoms with E-state index >= 15 is 0 Å². The number of nitrogens with zero attached hydrogens (tertiary/aromatic N) is 1. The van der Waals surface area contributed by atoms with Gasteiger partial charge in [-0.05, 0) is 62.9 Å². The number of hydrogen-bond acceptors (Lipinski definition) is 5. The van der Waals surface area contributed by atoms with Gasteiger partial charge in [-0.2, -0.15) is 4.31 Å². The van der Waals surface area contributed by atoms with E-state index in [1.165, 1.54) is 10.4 Å². The zero-order chi connectivity index (χ0) is 23.2. The Hall–Kier alpha value is -2.62. The number of aryl methyl sites for hydroxylation is 1. The van der Waals surface area contributed by atoms with Gasteiger partial charge in [-0.1, -0.05) is 17.7 Å². The first kappa shape index (κ1) is 22.6. The molecule has 0 bridgehead atoms. The molecule has 2 amide bonds. The number of anilines is 2. The lowest BCUT2D eigenvalue weighted by Gasteiger charge is -2.27. The van der Waals surface area contributed by atoms with Gasteiger partial charge in [0.25, 0.3) is 5.91 Å². The number of ether oxygens (including phenoxy) is 1. The highest BCUT2D eigenvalue weighted by Gasteiger charge is 2.41. The normalized spacial score (nSPS) is 20.9. The Labute approximate surface area is 191 Å². The molecule has 0 unspecified atom stereocenters. The van der Waals surface area contributed by atoms with Gasteiger partial charge >= 0.3 is 0 Å².